The van der Waals surface area contributed by atoms with Crippen LogP contribution < -0.4 is 15.4 Å². The largest absolute Gasteiger partial charge is 0.489 e. The first kappa shape index (κ1) is 27.3. The highest BCUT2D eigenvalue weighted by Crippen LogP contribution is 2.41. The number of allylic oxidation sites excluding steroid dienone is 1. The third-order valence-electron chi connectivity index (χ3n) is 6.12. The van der Waals surface area contributed by atoms with Gasteiger partial charge in [0.15, 0.2) is 0 Å². The van der Waals surface area contributed by atoms with Crippen molar-refractivity contribution >= 4 is 56.8 Å². The Morgan fingerprint density at radius 1 is 1.15 bits per heavy atom. The maximum Gasteiger partial charge on any atom is 0.255 e. The monoisotopic (exact) mass is 623 g/mol. The van der Waals surface area contributed by atoms with E-state index in [0.717, 1.165) is 27.8 Å². The second-order valence-corrected chi connectivity index (χ2v) is 11.4. The molecule has 39 heavy (non-hydrogen) atoms. The number of para-hydroxylation sites is 1. The number of carbonyl (C=O) groups excluding carboxylic acids is 1. The third kappa shape index (κ3) is 6.32. The van der Waals surface area contributed by atoms with Gasteiger partial charge >= 0.3 is 0 Å². The van der Waals surface area contributed by atoms with Gasteiger partial charge in [-0.25, -0.2) is 4.68 Å². The summed E-state index contributed by atoms with van der Waals surface area (Å²) in [7, 11) is 0. The first-order valence-corrected chi connectivity index (χ1v) is 14.7. The minimum absolute atomic E-state index is 0.233. The van der Waals surface area contributed by atoms with Crippen molar-refractivity contribution in [3.05, 3.63) is 105 Å². The van der Waals surface area contributed by atoms with Gasteiger partial charge in [-0.1, -0.05) is 76.5 Å². The summed E-state index contributed by atoms with van der Waals surface area (Å²) < 4.78 is 8.97. The van der Waals surface area contributed by atoms with Crippen LogP contribution in [-0.2, 0) is 11.4 Å². The molecule has 4 aromatic rings. The summed E-state index contributed by atoms with van der Waals surface area (Å²) in [6.07, 6.45) is 1.00. The van der Waals surface area contributed by atoms with Crippen molar-refractivity contribution in [1.82, 2.24) is 14.8 Å². The van der Waals surface area contributed by atoms with Gasteiger partial charge in [0, 0.05) is 32.2 Å². The standard InChI is InChI=1S/C29H27BrClN5O2S/c1-3-15-39-29-34-28-32-18(2)25(27(37)33-22-7-5-4-6-8-22)26(36(28)35-29)23-16-20(30)11-14-24(23)38-17-19-9-12-21(31)13-10-19/h4-14,16,26H,3,15,17H2,1-2H3,(H,33,37)(H,32,34,35). The summed E-state index contributed by atoms with van der Waals surface area (Å²) in [5, 5.41) is 12.5. The van der Waals surface area contributed by atoms with Crippen LogP contribution in [0.1, 0.15) is 37.4 Å². The summed E-state index contributed by atoms with van der Waals surface area (Å²) in [5.74, 6) is 1.88. The second-order valence-electron chi connectivity index (χ2n) is 8.99. The number of benzene rings is 3. The lowest BCUT2D eigenvalue weighted by atomic mass is 9.94. The number of ether oxygens (including phenoxy) is 1. The molecule has 0 saturated carbocycles. The molecule has 1 amide bonds. The summed E-state index contributed by atoms with van der Waals surface area (Å²) in [6.45, 7) is 4.34. The number of aromatic nitrogens is 3. The molecule has 0 saturated heterocycles. The number of hydrogen-bond acceptors (Lipinski definition) is 6. The van der Waals surface area contributed by atoms with Crippen LogP contribution in [0.15, 0.2) is 93.7 Å². The molecule has 2 heterocycles. The molecule has 10 heteroatoms. The normalized spacial score (nSPS) is 14.5. The van der Waals surface area contributed by atoms with Gasteiger partial charge < -0.3 is 15.4 Å². The van der Waals surface area contributed by atoms with Crippen LogP contribution in [0.2, 0.25) is 5.02 Å². The Balaban J connectivity index is 1.57. The van der Waals surface area contributed by atoms with Crippen molar-refractivity contribution in [2.24, 2.45) is 0 Å². The van der Waals surface area contributed by atoms with E-state index in [-0.39, 0.29) is 5.91 Å². The molecule has 1 atom stereocenters. The molecule has 200 valence electrons. The highest BCUT2D eigenvalue weighted by atomic mass is 79.9. The quantitative estimate of drug-likeness (QED) is 0.186. The fraction of sp³-hybridized carbons (Fsp3) is 0.207. The average Bonchev–Trinajstić information content (AvgIpc) is 3.34. The van der Waals surface area contributed by atoms with Gasteiger partial charge in [0.1, 0.15) is 18.4 Å². The van der Waals surface area contributed by atoms with Crippen molar-refractivity contribution in [3.8, 4) is 5.75 Å². The molecule has 3 aromatic carbocycles. The highest BCUT2D eigenvalue weighted by Gasteiger charge is 2.36. The van der Waals surface area contributed by atoms with E-state index in [9.17, 15) is 4.79 Å². The van der Waals surface area contributed by atoms with E-state index in [1.54, 1.807) is 16.4 Å². The number of anilines is 2. The van der Waals surface area contributed by atoms with Crippen molar-refractivity contribution in [1.29, 1.82) is 0 Å². The Morgan fingerprint density at radius 3 is 2.67 bits per heavy atom. The predicted molar refractivity (Wildman–Crippen MR) is 160 cm³/mol. The van der Waals surface area contributed by atoms with E-state index in [2.05, 4.69) is 33.5 Å². The molecule has 1 unspecified atom stereocenters. The molecule has 0 bridgehead atoms. The number of fused-ring (bicyclic) bond motifs is 1. The minimum Gasteiger partial charge on any atom is -0.489 e. The molecule has 7 nitrogen and oxygen atoms in total. The van der Waals surface area contributed by atoms with Crippen molar-refractivity contribution in [3.63, 3.8) is 0 Å². The Kier molecular flexibility index (Phi) is 8.60. The molecule has 1 aliphatic heterocycles. The maximum atomic E-state index is 13.8. The van der Waals surface area contributed by atoms with E-state index in [0.29, 0.717) is 45.4 Å². The van der Waals surface area contributed by atoms with Crippen LogP contribution in [0.3, 0.4) is 0 Å². The van der Waals surface area contributed by atoms with E-state index in [1.165, 1.54) is 0 Å². The summed E-state index contributed by atoms with van der Waals surface area (Å²) in [6, 6.07) is 22.2. The maximum absolute atomic E-state index is 13.8. The Labute approximate surface area is 245 Å². The zero-order valence-corrected chi connectivity index (χ0v) is 24.6. The number of amides is 1. The molecule has 1 aliphatic rings. The lowest BCUT2D eigenvalue weighted by Gasteiger charge is -2.30. The van der Waals surface area contributed by atoms with Gasteiger partial charge in [0.2, 0.25) is 11.1 Å². The van der Waals surface area contributed by atoms with E-state index < -0.39 is 6.04 Å². The summed E-state index contributed by atoms with van der Waals surface area (Å²) in [4.78, 5) is 18.5. The molecular formula is C29H27BrClN5O2S. The van der Waals surface area contributed by atoms with Crippen LogP contribution in [0.4, 0.5) is 11.6 Å². The Bertz CT molecular complexity index is 1510. The van der Waals surface area contributed by atoms with Crippen LogP contribution in [-0.4, -0.2) is 26.4 Å². The second kappa shape index (κ2) is 12.3. The summed E-state index contributed by atoms with van der Waals surface area (Å²) in [5.41, 5.74) is 3.70. The zero-order valence-electron chi connectivity index (χ0n) is 21.4. The number of rotatable bonds is 9. The van der Waals surface area contributed by atoms with E-state index in [1.807, 2.05) is 79.7 Å². The average molecular weight is 625 g/mol. The van der Waals surface area contributed by atoms with Gasteiger partial charge in [0.05, 0.1) is 5.57 Å². The topological polar surface area (TPSA) is 81.1 Å². The van der Waals surface area contributed by atoms with Gasteiger partial charge in [-0.2, -0.15) is 4.98 Å². The van der Waals surface area contributed by atoms with Gasteiger partial charge in [-0.05, 0) is 61.4 Å². The molecule has 0 fully saturated rings. The van der Waals surface area contributed by atoms with Gasteiger partial charge in [0.25, 0.3) is 5.91 Å². The van der Waals surface area contributed by atoms with Crippen LogP contribution >= 0.6 is 39.3 Å². The smallest absolute Gasteiger partial charge is 0.255 e. The number of halogens is 2. The van der Waals surface area contributed by atoms with Crippen molar-refractivity contribution in [2.75, 3.05) is 16.4 Å². The Hall–Kier alpha value is -3.27. The molecule has 1 aromatic heterocycles. The number of hydrogen-bond donors (Lipinski definition) is 2. The molecule has 0 spiro atoms. The fourth-order valence-corrected chi connectivity index (χ4v) is 5.48. The molecular weight excluding hydrogens is 598 g/mol. The van der Waals surface area contributed by atoms with Crippen LogP contribution in [0.25, 0.3) is 0 Å². The predicted octanol–water partition coefficient (Wildman–Crippen LogP) is 7.70. The lowest BCUT2D eigenvalue weighted by molar-refractivity contribution is -0.113. The van der Waals surface area contributed by atoms with E-state index in [4.69, 9.17) is 26.4 Å². The van der Waals surface area contributed by atoms with Crippen molar-refractivity contribution in [2.45, 2.75) is 38.1 Å². The molecule has 5 rings (SSSR count). The van der Waals surface area contributed by atoms with Crippen LogP contribution in [0, 0.1) is 0 Å². The number of carbonyl (C=O) groups is 1. The first-order valence-electron chi connectivity index (χ1n) is 12.5. The zero-order chi connectivity index (χ0) is 27.4. The number of nitrogens with zero attached hydrogens (tertiary/aromatic N) is 3. The lowest BCUT2D eigenvalue weighted by Crippen LogP contribution is -2.31. The molecule has 0 radical (unpaired) electrons. The van der Waals surface area contributed by atoms with Crippen molar-refractivity contribution < 1.29 is 9.53 Å². The van der Waals surface area contributed by atoms with E-state index >= 15 is 0 Å². The SMILES string of the molecule is CCCSc1nc2n(n1)C(c1cc(Br)ccc1OCc1ccc(Cl)cc1)C(C(=O)Nc1ccccc1)=C(C)N2. The van der Waals surface area contributed by atoms with Gasteiger partial charge in [-0.15, -0.1) is 5.10 Å². The fourth-order valence-electron chi connectivity index (χ4n) is 4.29. The van der Waals surface area contributed by atoms with Gasteiger partial charge in [-0.3, -0.25) is 4.79 Å². The summed E-state index contributed by atoms with van der Waals surface area (Å²) >= 11 is 11.3. The highest BCUT2D eigenvalue weighted by molar-refractivity contribution is 9.10. The number of thioether (sulfide) groups is 1. The molecule has 0 aliphatic carbocycles. The molecule has 2 N–H and O–H groups in total. The minimum atomic E-state index is -0.578. The first-order chi connectivity index (χ1) is 18.9. The number of nitrogens with one attached hydrogen (secondary N) is 2. The third-order valence-corrected chi connectivity index (χ3v) is 7.91. The van der Waals surface area contributed by atoms with Crippen LogP contribution in [0.5, 0.6) is 5.75 Å². The Morgan fingerprint density at radius 2 is 1.92 bits per heavy atom.